The highest BCUT2D eigenvalue weighted by atomic mass is 16.3. The van der Waals surface area contributed by atoms with E-state index in [2.05, 4.69) is 22.3 Å². The van der Waals surface area contributed by atoms with Gasteiger partial charge in [0.15, 0.2) is 0 Å². The molecule has 1 heterocycles. The highest BCUT2D eigenvalue weighted by Gasteiger charge is 2.48. The number of likely N-dealkylation sites (tertiary alicyclic amines) is 1. The third kappa shape index (κ3) is 4.86. The number of β-amino-alcohol motifs (C(OH)–C–C–N with tert-alkyl or cyclic N) is 1. The lowest BCUT2D eigenvalue weighted by Gasteiger charge is -2.27. The summed E-state index contributed by atoms with van der Waals surface area (Å²) >= 11 is 0. The van der Waals surface area contributed by atoms with Crippen LogP contribution in [-0.2, 0) is 11.2 Å². The van der Waals surface area contributed by atoms with E-state index in [-0.39, 0.29) is 5.91 Å². The highest BCUT2D eigenvalue weighted by molar-refractivity contribution is 5.88. The van der Waals surface area contributed by atoms with Crippen LogP contribution in [0.3, 0.4) is 0 Å². The van der Waals surface area contributed by atoms with Gasteiger partial charge < -0.3 is 15.5 Å². The molecule has 2 fully saturated rings. The Morgan fingerprint density at radius 3 is 2.31 bits per heavy atom. The van der Waals surface area contributed by atoms with Crippen LogP contribution >= 0.6 is 0 Å². The average Bonchev–Trinajstić information content (AvgIpc) is 3.16. The molecule has 3 N–H and O–H groups in total. The molecule has 1 saturated heterocycles. The summed E-state index contributed by atoms with van der Waals surface area (Å²) in [6, 6.07) is 17.6. The van der Waals surface area contributed by atoms with E-state index >= 15 is 0 Å². The van der Waals surface area contributed by atoms with Crippen LogP contribution in [0, 0.1) is 11.8 Å². The maximum absolute atomic E-state index is 11.1. The number of fused-ring (bicyclic) bond motifs is 1. The van der Waals surface area contributed by atoms with E-state index in [4.69, 9.17) is 0 Å². The van der Waals surface area contributed by atoms with Gasteiger partial charge in [0.05, 0.1) is 11.7 Å². The Bertz CT molecular complexity index is 823. The molecule has 1 amide bonds. The van der Waals surface area contributed by atoms with Crippen molar-refractivity contribution < 1.29 is 15.0 Å². The van der Waals surface area contributed by atoms with E-state index in [1.54, 1.807) is 0 Å². The normalized spacial score (nSPS) is 27.6. The quantitative estimate of drug-likeness (QED) is 0.704. The lowest BCUT2D eigenvalue weighted by atomic mass is 9.91. The first kappa shape index (κ1) is 20.1. The molecule has 0 bridgehead atoms. The summed E-state index contributed by atoms with van der Waals surface area (Å²) in [5, 5.41) is 24.5. The maximum atomic E-state index is 11.1. The molecule has 0 aromatic heterocycles. The number of amides is 1. The van der Waals surface area contributed by atoms with Crippen molar-refractivity contribution in [3.8, 4) is 0 Å². The minimum Gasteiger partial charge on any atom is -0.390 e. The Morgan fingerprint density at radius 1 is 1.10 bits per heavy atom. The molecule has 1 saturated carbocycles. The van der Waals surface area contributed by atoms with E-state index in [0.717, 1.165) is 43.6 Å². The zero-order valence-corrected chi connectivity index (χ0v) is 16.9. The topological polar surface area (TPSA) is 72.8 Å². The standard InChI is InChI=1S/C24H30N2O3/c1-17(27)25-22-9-7-19(8-10-22)23(28)16-26-14-20-12-24(29,13-21(20)15-26)11-18-5-3-2-4-6-18/h2-10,20-21,23,28-29H,11-16H2,1H3,(H,25,27)/t20-,21+,23?,24+. The molecule has 1 aliphatic heterocycles. The number of benzene rings is 2. The Labute approximate surface area is 172 Å². The number of carbonyl (C=O) groups is 1. The number of hydrogen-bond donors (Lipinski definition) is 3. The van der Waals surface area contributed by atoms with Gasteiger partial charge in [-0.15, -0.1) is 0 Å². The summed E-state index contributed by atoms with van der Waals surface area (Å²) in [6.07, 6.45) is 1.85. The summed E-state index contributed by atoms with van der Waals surface area (Å²) in [5.74, 6) is 0.894. The van der Waals surface area contributed by atoms with Crippen molar-refractivity contribution in [2.24, 2.45) is 11.8 Å². The van der Waals surface area contributed by atoms with Gasteiger partial charge in [0.2, 0.25) is 5.91 Å². The first-order chi connectivity index (χ1) is 13.9. The van der Waals surface area contributed by atoms with E-state index in [9.17, 15) is 15.0 Å². The van der Waals surface area contributed by atoms with Crippen LogP contribution in [0.4, 0.5) is 5.69 Å². The number of carbonyl (C=O) groups excluding carboxylic acids is 1. The van der Waals surface area contributed by atoms with Crippen molar-refractivity contribution in [2.75, 3.05) is 25.0 Å². The summed E-state index contributed by atoms with van der Waals surface area (Å²) in [6.45, 7) is 3.95. The van der Waals surface area contributed by atoms with Crippen LogP contribution in [0.5, 0.6) is 0 Å². The predicted molar refractivity (Wildman–Crippen MR) is 113 cm³/mol. The van der Waals surface area contributed by atoms with Crippen molar-refractivity contribution >= 4 is 11.6 Å². The van der Waals surface area contributed by atoms with Crippen LogP contribution in [0.15, 0.2) is 54.6 Å². The number of aliphatic hydroxyl groups is 2. The molecular weight excluding hydrogens is 364 g/mol. The molecule has 2 aromatic rings. The van der Waals surface area contributed by atoms with Gasteiger partial charge in [-0.2, -0.15) is 0 Å². The van der Waals surface area contributed by atoms with Gasteiger partial charge in [0.25, 0.3) is 0 Å². The third-order valence-electron chi connectivity index (χ3n) is 6.36. The zero-order chi connectivity index (χ0) is 20.4. The Morgan fingerprint density at radius 2 is 1.72 bits per heavy atom. The van der Waals surface area contributed by atoms with Crippen molar-refractivity contribution in [1.29, 1.82) is 0 Å². The molecule has 0 radical (unpaired) electrons. The molecule has 29 heavy (non-hydrogen) atoms. The SMILES string of the molecule is CC(=O)Nc1ccc(C(O)CN2C[C@@H]3C[C@](O)(Cc4ccccc4)C[C@@H]3C2)cc1. The van der Waals surface area contributed by atoms with Gasteiger partial charge in [-0.3, -0.25) is 9.69 Å². The Hall–Kier alpha value is -2.21. The molecule has 2 aromatic carbocycles. The van der Waals surface area contributed by atoms with Crippen LogP contribution < -0.4 is 5.32 Å². The maximum Gasteiger partial charge on any atom is 0.221 e. The monoisotopic (exact) mass is 394 g/mol. The summed E-state index contributed by atoms with van der Waals surface area (Å²) < 4.78 is 0. The average molecular weight is 395 g/mol. The largest absolute Gasteiger partial charge is 0.390 e. The van der Waals surface area contributed by atoms with Gasteiger partial charge in [0.1, 0.15) is 0 Å². The fourth-order valence-electron chi connectivity index (χ4n) is 5.17. The van der Waals surface area contributed by atoms with Gasteiger partial charge >= 0.3 is 0 Å². The lowest BCUT2D eigenvalue weighted by Crippen LogP contribution is -2.33. The van der Waals surface area contributed by atoms with Gasteiger partial charge in [-0.1, -0.05) is 42.5 Å². The smallest absolute Gasteiger partial charge is 0.221 e. The van der Waals surface area contributed by atoms with E-state index in [0.29, 0.717) is 18.4 Å². The molecular formula is C24H30N2O3. The van der Waals surface area contributed by atoms with Gasteiger partial charge in [0, 0.05) is 38.7 Å². The predicted octanol–water partition coefficient (Wildman–Crippen LogP) is 2.99. The number of nitrogens with zero attached hydrogens (tertiary/aromatic N) is 1. The van der Waals surface area contributed by atoms with Crippen LogP contribution in [0.2, 0.25) is 0 Å². The Balaban J connectivity index is 1.29. The van der Waals surface area contributed by atoms with Crippen molar-refractivity contribution in [2.45, 2.75) is 37.9 Å². The van der Waals surface area contributed by atoms with Gasteiger partial charge in [-0.05, 0) is 47.9 Å². The molecule has 2 aliphatic rings. The van der Waals surface area contributed by atoms with Crippen LogP contribution in [-0.4, -0.2) is 46.3 Å². The second kappa shape index (κ2) is 8.27. The summed E-state index contributed by atoms with van der Waals surface area (Å²) in [7, 11) is 0. The van der Waals surface area contributed by atoms with E-state index in [1.165, 1.54) is 12.5 Å². The van der Waals surface area contributed by atoms with E-state index in [1.807, 2.05) is 42.5 Å². The number of anilines is 1. The number of aliphatic hydroxyl groups excluding tert-OH is 1. The number of hydrogen-bond acceptors (Lipinski definition) is 4. The van der Waals surface area contributed by atoms with Crippen LogP contribution in [0.1, 0.15) is 37.0 Å². The van der Waals surface area contributed by atoms with Crippen LogP contribution in [0.25, 0.3) is 0 Å². The molecule has 1 aliphatic carbocycles. The second-order valence-electron chi connectivity index (χ2n) is 8.85. The first-order valence-corrected chi connectivity index (χ1v) is 10.4. The van der Waals surface area contributed by atoms with Crippen molar-refractivity contribution in [3.05, 3.63) is 65.7 Å². The van der Waals surface area contributed by atoms with Crippen molar-refractivity contribution in [3.63, 3.8) is 0 Å². The molecule has 5 nitrogen and oxygen atoms in total. The number of rotatable bonds is 6. The van der Waals surface area contributed by atoms with E-state index < -0.39 is 11.7 Å². The molecule has 4 rings (SSSR count). The molecule has 0 spiro atoms. The number of nitrogens with one attached hydrogen (secondary N) is 1. The molecule has 4 atom stereocenters. The fourth-order valence-corrected chi connectivity index (χ4v) is 5.17. The molecule has 5 heteroatoms. The fraction of sp³-hybridized carbons (Fsp3) is 0.458. The summed E-state index contributed by atoms with van der Waals surface area (Å²) in [4.78, 5) is 13.4. The zero-order valence-electron chi connectivity index (χ0n) is 16.9. The Kier molecular flexibility index (Phi) is 5.72. The molecule has 1 unspecified atom stereocenters. The second-order valence-corrected chi connectivity index (χ2v) is 8.85. The first-order valence-electron chi connectivity index (χ1n) is 10.4. The van der Waals surface area contributed by atoms with Crippen molar-refractivity contribution in [1.82, 2.24) is 4.90 Å². The van der Waals surface area contributed by atoms with Gasteiger partial charge in [-0.25, -0.2) is 0 Å². The highest BCUT2D eigenvalue weighted by Crippen LogP contribution is 2.45. The minimum absolute atomic E-state index is 0.103. The lowest BCUT2D eigenvalue weighted by molar-refractivity contribution is -0.114. The minimum atomic E-state index is -0.596. The third-order valence-corrected chi connectivity index (χ3v) is 6.36. The molecule has 154 valence electrons. The summed E-state index contributed by atoms with van der Waals surface area (Å²) in [5.41, 5.74) is 2.20.